The lowest BCUT2D eigenvalue weighted by molar-refractivity contribution is 0.902. The molecule has 0 aliphatic carbocycles. The normalized spacial score (nSPS) is 11.2. The van der Waals surface area contributed by atoms with Crippen LogP contribution in [0.3, 0.4) is 0 Å². The maximum absolute atomic E-state index is 5.91. The van der Waals surface area contributed by atoms with Crippen molar-refractivity contribution in [3.8, 4) is 5.69 Å². The van der Waals surface area contributed by atoms with Gasteiger partial charge in [-0.2, -0.15) is 0 Å². The number of benzene rings is 1. The first-order chi connectivity index (χ1) is 9.70. The zero-order valence-electron chi connectivity index (χ0n) is 10.4. The number of aromatic nitrogens is 3. The number of rotatable bonds is 3. The van der Waals surface area contributed by atoms with E-state index in [2.05, 4.69) is 65.2 Å². The van der Waals surface area contributed by atoms with E-state index in [4.69, 9.17) is 11.6 Å². The zero-order chi connectivity index (χ0) is 14.1. The van der Waals surface area contributed by atoms with Crippen LogP contribution < -0.4 is 0 Å². The Morgan fingerprint density at radius 2 is 2.10 bits per heavy atom. The average molecular weight is 463 g/mol. The molecule has 0 N–H and O–H groups in total. The van der Waals surface area contributed by atoms with Crippen molar-refractivity contribution in [2.75, 3.05) is 5.88 Å². The molecule has 0 fully saturated rings. The minimum absolute atomic E-state index is 0.536. The summed E-state index contributed by atoms with van der Waals surface area (Å²) in [6.45, 7) is 0. The van der Waals surface area contributed by atoms with Crippen molar-refractivity contribution in [2.45, 2.75) is 6.42 Å². The van der Waals surface area contributed by atoms with Gasteiger partial charge in [0.25, 0.3) is 0 Å². The van der Waals surface area contributed by atoms with Crippen molar-refractivity contribution in [2.24, 2.45) is 0 Å². The molecule has 0 saturated heterocycles. The van der Waals surface area contributed by atoms with Crippen molar-refractivity contribution < 1.29 is 0 Å². The molecule has 0 amide bonds. The third-order valence-corrected chi connectivity index (χ3v) is 4.48. The molecule has 0 unspecified atom stereocenters. The summed E-state index contributed by atoms with van der Waals surface area (Å²) in [5.41, 5.74) is 2.82. The predicted octanol–water partition coefficient (Wildman–Crippen LogP) is 4.57. The largest absolute Gasteiger partial charge is 0.280 e. The van der Waals surface area contributed by atoms with Gasteiger partial charge in [0.05, 0.1) is 5.69 Å². The Hall–Kier alpha value is -0.660. The van der Waals surface area contributed by atoms with Crippen molar-refractivity contribution in [3.63, 3.8) is 0 Å². The van der Waals surface area contributed by atoms with E-state index in [9.17, 15) is 0 Å². The van der Waals surface area contributed by atoms with Gasteiger partial charge >= 0.3 is 0 Å². The summed E-state index contributed by atoms with van der Waals surface area (Å²) in [4.78, 5) is 9.17. The zero-order valence-corrected chi connectivity index (χ0v) is 14.9. The summed E-state index contributed by atoms with van der Waals surface area (Å²) >= 11 is 11.7. The predicted molar refractivity (Wildman–Crippen MR) is 93.7 cm³/mol. The first-order valence-electron chi connectivity index (χ1n) is 6.04. The number of imidazole rings is 1. The van der Waals surface area contributed by atoms with Crippen molar-refractivity contribution in [3.05, 3.63) is 50.4 Å². The number of nitrogens with zero attached hydrogens (tertiary/aromatic N) is 3. The van der Waals surface area contributed by atoms with Crippen LogP contribution in [0.1, 0.15) is 5.82 Å². The van der Waals surface area contributed by atoms with E-state index in [1.54, 1.807) is 6.20 Å². The highest BCUT2D eigenvalue weighted by atomic mass is 127. The number of aryl methyl sites for hydroxylation is 1. The smallest absolute Gasteiger partial charge is 0.164 e. The second kappa shape index (κ2) is 5.99. The third-order valence-electron chi connectivity index (χ3n) is 2.94. The average Bonchev–Trinajstić information content (AvgIpc) is 2.77. The van der Waals surface area contributed by atoms with Crippen LogP contribution in [0.15, 0.2) is 41.0 Å². The molecule has 0 bridgehead atoms. The Bertz CT molecular complexity index is 772. The van der Waals surface area contributed by atoms with Crippen LogP contribution in [0.25, 0.3) is 16.9 Å². The molecule has 3 nitrogen and oxygen atoms in total. The fourth-order valence-electron chi connectivity index (χ4n) is 2.13. The van der Waals surface area contributed by atoms with Crippen LogP contribution in [-0.4, -0.2) is 20.4 Å². The fourth-order valence-corrected chi connectivity index (χ4v) is 3.24. The van der Waals surface area contributed by atoms with Gasteiger partial charge in [-0.15, -0.1) is 11.6 Å². The van der Waals surface area contributed by atoms with E-state index in [1.165, 1.54) is 0 Å². The summed E-state index contributed by atoms with van der Waals surface area (Å²) in [7, 11) is 0. The lowest BCUT2D eigenvalue weighted by atomic mass is 10.3. The molecule has 20 heavy (non-hydrogen) atoms. The molecule has 0 radical (unpaired) electrons. The van der Waals surface area contributed by atoms with E-state index in [1.807, 2.05) is 18.2 Å². The highest BCUT2D eigenvalue weighted by Gasteiger charge is 2.15. The van der Waals surface area contributed by atoms with Crippen LogP contribution >= 0.6 is 50.1 Å². The van der Waals surface area contributed by atoms with E-state index in [-0.39, 0.29) is 0 Å². The lowest BCUT2D eigenvalue weighted by Crippen LogP contribution is -2.04. The number of pyridine rings is 1. The number of hydrogen-bond donors (Lipinski definition) is 0. The quantitative estimate of drug-likeness (QED) is 0.422. The summed E-state index contributed by atoms with van der Waals surface area (Å²) in [5, 5.41) is 0. The molecule has 0 aliphatic heterocycles. The minimum Gasteiger partial charge on any atom is -0.280 e. The SMILES string of the molecule is ClCCc1nc2cc(Br)cnc2n1-c1ccccc1I. The van der Waals surface area contributed by atoms with Gasteiger partial charge in [-0.25, -0.2) is 9.97 Å². The molecule has 1 aromatic carbocycles. The number of hydrogen-bond acceptors (Lipinski definition) is 2. The summed E-state index contributed by atoms with van der Waals surface area (Å²) < 4.78 is 4.17. The van der Waals surface area contributed by atoms with Gasteiger partial charge in [0, 0.05) is 26.5 Å². The van der Waals surface area contributed by atoms with Crippen LogP contribution in [0.2, 0.25) is 0 Å². The van der Waals surface area contributed by atoms with Crippen molar-refractivity contribution >= 4 is 61.3 Å². The van der Waals surface area contributed by atoms with E-state index < -0.39 is 0 Å². The molecular formula is C14H10BrClIN3. The fraction of sp³-hybridized carbons (Fsp3) is 0.143. The Labute approximate surface area is 143 Å². The van der Waals surface area contributed by atoms with Crippen LogP contribution in [0, 0.1) is 3.57 Å². The first kappa shape index (κ1) is 14.3. The second-order valence-electron chi connectivity index (χ2n) is 4.25. The van der Waals surface area contributed by atoms with Crippen molar-refractivity contribution in [1.82, 2.24) is 14.5 Å². The summed E-state index contributed by atoms with van der Waals surface area (Å²) in [6.07, 6.45) is 2.50. The first-order valence-corrected chi connectivity index (χ1v) is 8.45. The number of para-hydroxylation sites is 1. The standard InChI is InChI=1S/C14H10BrClIN3/c15-9-7-11-14(18-8-9)20(13(19-11)5-6-16)12-4-2-1-3-10(12)17/h1-4,7-8H,5-6H2. The molecule has 102 valence electrons. The Morgan fingerprint density at radius 1 is 1.30 bits per heavy atom. The number of fused-ring (bicyclic) bond motifs is 1. The van der Waals surface area contributed by atoms with Gasteiger partial charge in [0.1, 0.15) is 11.3 Å². The molecule has 0 spiro atoms. The molecular weight excluding hydrogens is 452 g/mol. The van der Waals surface area contributed by atoms with Gasteiger partial charge in [-0.05, 0) is 56.7 Å². The minimum atomic E-state index is 0.536. The maximum Gasteiger partial charge on any atom is 0.164 e. The van der Waals surface area contributed by atoms with Gasteiger partial charge in [-0.3, -0.25) is 4.57 Å². The molecule has 3 rings (SSSR count). The highest BCUT2D eigenvalue weighted by Crippen LogP contribution is 2.25. The van der Waals surface area contributed by atoms with Crippen LogP contribution in [0.5, 0.6) is 0 Å². The van der Waals surface area contributed by atoms with Gasteiger partial charge in [0.2, 0.25) is 0 Å². The monoisotopic (exact) mass is 461 g/mol. The summed E-state index contributed by atoms with van der Waals surface area (Å²) in [5.74, 6) is 1.47. The van der Waals surface area contributed by atoms with Crippen molar-refractivity contribution in [1.29, 1.82) is 0 Å². The van der Waals surface area contributed by atoms with Crippen LogP contribution in [-0.2, 0) is 6.42 Å². The van der Waals surface area contributed by atoms with Gasteiger partial charge < -0.3 is 0 Å². The molecule has 0 atom stereocenters. The third kappa shape index (κ3) is 2.58. The molecule has 2 aromatic heterocycles. The van der Waals surface area contributed by atoms with E-state index in [0.29, 0.717) is 12.3 Å². The molecule has 3 aromatic rings. The molecule has 0 aliphatic rings. The Balaban J connectivity index is 2.32. The Kier molecular flexibility index (Phi) is 4.28. The molecule has 0 saturated carbocycles. The van der Waals surface area contributed by atoms with Gasteiger partial charge in [-0.1, -0.05) is 12.1 Å². The van der Waals surface area contributed by atoms with Crippen LogP contribution in [0.4, 0.5) is 0 Å². The Morgan fingerprint density at radius 3 is 2.85 bits per heavy atom. The van der Waals surface area contributed by atoms with E-state index in [0.717, 1.165) is 30.7 Å². The topological polar surface area (TPSA) is 30.7 Å². The molecule has 2 heterocycles. The van der Waals surface area contributed by atoms with E-state index >= 15 is 0 Å². The van der Waals surface area contributed by atoms with Gasteiger partial charge in [0.15, 0.2) is 5.65 Å². The summed E-state index contributed by atoms with van der Waals surface area (Å²) in [6, 6.07) is 10.2. The number of halogens is 3. The maximum atomic E-state index is 5.91. The highest BCUT2D eigenvalue weighted by molar-refractivity contribution is 14.1. The lowest BCUT2D eigenvalue weighted by Gasteiger charge is -2.09. The second-order valence-corrected chi connectivity index (χ2v) is 6.71. The molecule has 6 heteroatoms. The number of alkyl halides is 1.